The molecule has 0 amide bonds. The minimum absolute atomic E-state index is 0.424. The van der Waals surface area contributed by atoms with Crippen molar-refractivity contribution in [1.29, 1.82) is 0 Å². The summed E-state index contributed by atoms with van der Waals surface area (Å²) in [4.78, 5) is 0. The zero-order valence-electron chi connectivity index (χ0n) is 13.1. The Bertz CT molecular complexity index is 428. The van der Waals surface area contributed by atoms with Crippen LogP contribution in [-0.2, 0) is 0 Å². The highest BCUT2D eigenvalue weighted by Crippen LogP contribution is 2.50. The van der Waals surface area contributed by atoms with Crippen LogP contribution < -0.4 is 14.8 Å². The van der Waals surface area contributed by atoms with Crippen LogP contribution in [0.4, 0.5) is 0 Å². The third kappa shape index (κ3) is 3.70. The summed E-state index contributed by atoms with van der Waals surface area (Å²) < 4.78 is 11.3. The molecule has 2 bridgehead atoms. The molecule has 4 aliphatic rings. The van der Waals surface area contributed by atoms with Crippen LogP contribution in [-0.4, -0.2) is 18.7 Å². The van der Waals surface area contributed by atoms with Gasteiger partial charge in [-0.15, -0.1) is 0 Å². The van der Waals surface area contributed by atoms with Gasteiger partial charge in [0.05, 0.1) is 6.10 Å². The van der Waals surface area contributed by atoms with Crippen molar-refractivity contribution in [2.75, 3.05) is 6.54 Å². The molecule has 1 unspecified atom stereocenters. The Morgan fingerprint density at radius 2 is 1.86 bits per heavy atom. The van der Waals surface area contributed by atoms with Crippen LogP contribution in [0.1, 0.15) is 58.3 Å². The largest absolute Gasteiger partial charge is 0.483 e. The molecule has 116 valence electrons. The predicted octanol–water partition coefficient (Wildman–Crippen LogP) is 4.65. The summed E-state index contributed by atoms with van der Waals surface area (Å²) in [6.07, 6.45) is 10.9. The summed E-state index contributed by atoms with van der Waals surface area (Å²) in [6.45, 7) is 3.49. The second-order valence-electron chi connectivity index (χ2n) is 6.26. The molecule has 0 aromatic heterocycles. The molecular weight excluding hydrogens is 262 g/mol. The van der Waals surface area contributed by atoms with Crippen LogP contribution in [0.5, 0.6) is 17.2 Å². The van der Waals surface area contributed by atoms with Crippen LogP contribution in [0.15, 0.2) is 18.2 Å². The van der Waals surface area contributed by atoms with E-state index in [0.717, 1.165) is 23.3 Å². The predicted molar refractivity (Wildman–Crippen MR) is 85.3 cm³/mol. The van der Waals surface area contributed by atoms with Gasteiger partial charge >= 0.3 is 0 Å². The van der Waals surface area contributed by atoms with Crippen molar-refractivity contribution in [1.82, 2.24) is 5.32 Å². The number of benzene rings is 1. The van der Waals surface area contributed by atoms with Gasteiger partial charge in [-0.1, -0.05) is 19.4 Å². The molecule has 1 atom stereocenters. The lowest BCUT2D eigenvalue weighted by molar-refractivity contribution is 0.135. The first-order valence-electron chi connectivity index (χ1n) is 8.57. The van der Waals surface area contributed by atoms with Crippen molar-refractivity contribution in [3.8, 4) is 17.2 Å². The molecule has 0 spiro atoms. The number of ether oxygens (including phenoxy) is 2. The number of fused-ring (bicyclic) bond motifs is 2. The quantitative estimate of drug-likeness (QED) is 0.892. The van der Waals surface area contributed by atoms with E-state index in [9.17, 15) is 0 Å². The zero-order chi connectivity index (χ0) is 14.5. The van der Waals surface area contributed by atoms with Gasteiger partial charge in [-0.05, 0) is 63.6 Å². The van der Waals surface area contributed by atoms with Gasteiger partial charge in [-0.2, -0.15) is 0 Å². The van der Waals surface area contributed by atoms with Gasteiger partial charge < -0.3 is 14.8 Å². The Labute approximate surface area is 128 Å². The van der Waals surface area contributed by atoms with Crippen LogP contribution in [0.25, 0.3) is 0 Å². The van der Waals surface area contributed by atoms with E-state index in [0.29, 0.717) is 6.10 Å². The second kappa shape index (κ2) is 7.17. The normalized spacial score (nSPS) is 23.6. The molecule has 1 aromatic carbocycles. The Morgan fingerprint density at radius 1 is 1.10 bits per heavy atom. The first-order valence-corrected chi connectivity index (χ1v) is 8.57. The zero-order valence-corrected chi connectivity index (χ0v) is 13.1. The number of nitrogens with one attached hydrogen (secondary N) is 1. The Kier molecular flexibility index (Phi) is 5.02. The lowest BCUT2D eigenvalue weighted by Crippen LogP contribution is -2.21. The standard InChI is InChI=1S/C12H14O2.C6H13N/c1-2-5-9(6-3-1)13-12-10-7-4-8-11(12)14-10;1-2-6-4-3-5-7-6/h4,7-9H,1-3,5-6H2;6-7H,2-5H2,1H3. The molecule has 0 radical (unpaired) electrons. The second-order valence-corrected chi connectivity index (χ2v) is 6.26. The monoisotopic (exact) mass is 289 g/mol. The van der Waals surface area contributed by atoms with Gasteiger partial charge in [0, 0.05) is 6.04 Å². The van der Waals surface area contributed by atoms with E-state index in [-0.39, 0.29) is 0 Å². The molecule has 1 N–H and O–H groups in total. The maximum atomic E-state index is 5.93. The van der Waals surface area contributed by atoms with Crippen molar-refractivity contribution >= 4 is 0 Å². The first-order chi connectivity index (χ1) is 10.4. The van der Waals surface area contributed by atoms with Crippen molar-refractivity contribution in [2.24, 2.45) is 0 Å². The van der Waals surface area contributed by atoms with Crippen LogP contribution in [0.3, 0.4) is 0 Å². The number of hydrogen-bond donors (Lipinski definition) is 1. The highest BCUT2D eigenvalue weighted by atomic mass is 16.6. The van der Waals surface area contributed by atoms with E-state index in [1.165, 1.54) is 57.9 Å². The van der Waals surface area contributed by atoms with Gasteiger partial charge in [-0.3, -0.25) is 0 Å². The fourth-order valence-corrected chi connectivity index (χ4v) is 3.30. The van der Waals surface area contributed by atoms with Gasteiger partial charge in [0.25, 0.3) is 0 Å². The van der Waals surface area contributed by atoms with Gasteiger partial charge in [0.2, 0.25) is 5.75 Å². The minimum Gasteiger partial charge on any atom is -0.483 e. The summed E-state index contributed by atoms with van der Waals surface area (Å²) in [5, 5.41) is 3.41. The fraction of sp³-hybridized carbons (Fsp3) is 0.667. The molecule has 3 heteroatoms. The lowest BCUT2D eigenvalue weighted by atomic mass is 9.98. The molecule has 1 saturated carbocycles. The molecule has 5 rings (SSSR count). The van der Waals surface area contributed by atoms with E-state index in [2.05, 4.69) is 12.2 Å². The summed E-state index contributed by atoms with van der Waals surface area (Å²) >= 11 is 0. The number of rotatable bonds is 3. The highest BCUT2D eigenvalue weighted by Gasteiger charge is 2.26. The average molecular weight is 289 g/mol. The van der Waals surface area contributed by atoms with Crippen molar-refractivity contribution in [3.05, 3.63) is 18.2 Å². The molecule has 3 heterocycles. The molecular formula is C18H27NO2. The van der Waals surface area contributed by atoms with Crippen molar-refractivity contribution in [3.63, 3.8) is 0 Å². The summed E-state index contributed by atoms with van der Waals surface area (Å²) in [5.41, 5.74) is 0. The summed E-state index contributed by atoms with van der Waals surface area (Å²) in [6, 6.07) is 6.78. The van der Waals surface area contributed by atoms with Crippen molar-refractivity contribution < 1.29 is 9.47 Å². The SMILES string of the molecule is CCC1CCCN1.c1cc2c(OC3CCCCC3)c(c1)O2. The summed E-state index contributed by atoms with van der Waals surface area (Å²) in [7, 11) is 0. The van der Waals surface area contributed by atoms with Gasteiger partial charge in [-0.25, -0.2) is 0 Å². The molecule has 1 saturated heterocycles. The van der Waals surface area contributed by atoms with Crippen LogP contribution in [0, 0.1) is 0 Å². The molecule has 1 aliphatic carbocycles. The number of hydrogen-bond acceptors (Lipinski definition) is 3. The summed E-state index contributed by atoms with van der Waals surface area (Å²) in [5.74, 6) is 2.81. The van der Waals surface area contributed by atoms with Crippen LogP contribution in [0.2, 0.25) is 0 Å². The van der Waals surface area contributed by atoms with E-state index >= 15 is 0 Å². The molecule has 2 fully saturated rings. The molecule has 3 nitrogen and oxygen atoms in total. The molecule has 1 aromatic rings. The maximum Gasteiger partial charge on any atom is 0.205 e. The Balaban J connectivity index is 0.000000160. The Morgan fingerprint density at radius 3 is 2.38 bits per heavy atom. The van der Waals surface area contributed by atoms with Gasteiger partial charge in [0.1, 0.15) is 0 Å². The van der Waals surface area contributed by atoms with E-state index in [4.69, 9.17) is 9.47 Å². The molecule has 21 heavy (non-hydrogen) atoms. The third-order valence-electron chi connectivity index (χ3n) is 4.65. The minimum atomic E-state index is 0.424. The first kappa shape index (κ1) is 14.7. The van der Waals surface area contributed by atoms with Gasteiger partial charge in [0.15, 0.2) is 11.5 Å². The fourth-order valence-electron chi connectivity index (χ4n) is 3.30. The Hall–Kier alpha value is -1.22. The van der Waals surface area contributed by atoms with E-state index in [1.807, 2.05) is 18.2 Å². The number of para-hydroxylation sites is 1. The van der Waals surface area contributed by atoms with E-state index in [1.54, 1.807) is 0 Å². The average Bonchev–Trinajstić information content (AvgIpc) is 3.08. The maximum absolute atomic E-state index is 5.93. The van der Waals surface area contributed by atoms with Crippen molar-refractivity contribution in [2.45, 2.75) is 70.4 Å². The smallest absolute Gasteiger partial charge is 0.205 e. The lowest BCUT2D eigenvalue weighted by Gasteiger charge is -2.29. The third-order valence-corrected chi connectivity index (χ3v) is 4.65. The molecule has 3 aliphatic heterocycles. The van der Waals surface area contributed by atoms with E-state index < -0.39 is 0 Å². The highest BCUT2D eigenvalue weighted by molar-refractivity contribution is 5.60. The topological polar surface area (TPSA) is 30.5 Å². The van der Waals surface area contributed by atoms with Crippen LogP contribution >= 0.6 is 0 Å².